The number of methoxy groups -OCH3 is 1. The SMILES string of the molecule is COc1ccccc1N(C)C(=O)C1CCCCCC1N. The maximum atomic E-state index is 12.7. The molecule has 1 fully saturated rings. The minimum absolute atomic E-state index is 0.0258. The summed E-state index contributed by atoms with van der Waals surface area (Å²) in [5.41, 5.74) is 6.99. The molecule has 1 aromatic rings. The molecule has 2 atom stereocenters. The predicted octanol–water partition coefficient (Wildman–Crippen LogP) is 2.57. The lowest BCUT2D eigenvalue weighted by atomic mass is 9.94. The Morgan fingerprint density at radius 2 is 1.95 bits per heavy atom. The summed E-state index contributed by atoms with van der Waals surface area (Å²) in [7, 11) is 3.42. The molecule has 0 saturated heterocycles. The maximum Gasteiger partial charge on any atom is 0.231 e. The number of carbonyl (C=O) groups excluding carboxylic acids is 1. The van der Waals surface area contributed by atoms with E-state index in [9.17, 15) is 4.79 Å². The number of rotatable bonds is 3. The summed E-state index contributed by atoms with van der Waals surface area (Å²) in [6, 6.07) is 7.56. The fraction of sp³-hybridized carbons (Fsp3) is 0.562. The summed E-state index contributed by atoms with van der Waals surface area (Å²) in [4.78, 5) is 14.4. The van der Waals surface area contributed by atoms with E-state index in [2.05, 4.69) is 0 Å². The van der Waals surface area contributed by atoms with Gasteiger partial charge >= 0.3 is 0 Å². The van der Waals surface area contributed by atoms with E-state index in [0.717, 1.165) is 31.4 Å². The van der Waals surface area contributed by atoms with E-state index in [0.29, 0.717) is 5.75 Å². The lowest BCUT2D eigenvalue weighted by Gasteiger charge is -2.27. The Hall–Kier alpha value is -1.55. The van der Waals surface area contributed by atoms with Gasteiger partial charge in [-0.25, -0.2) is 0 Å². The minimum Gasteiger partial charge on any atom is -0.495 e. The third-order valence-electron chi connectivity index (χ3n) is 4.16. The van der Waals surface area contributed by atoms with Crippen molar-refractivity contribution in [2.75, 3.05) is 19.1 Å². The van der Waals surface area contributed by atoms with Crippen molar-refractivity contribution in [1.29, 1.82) is 0 Å². The molecule has 2 unspecified atom stereocenters. The number of nitrogens with zero attached hydrogens (tertiary/aromatic N) is 1. The topological polar surface area (TPSA) is 55.6 Å². The van der Waals surface area contributed by atoms with Crippen molar-refractivity contribution in [2.45, 2.75) is 38.1 Å². The van der Waals surface area contributed by atoms with E-state index < -0.39 is 0 Å². The van der Waals surface area contributed by atoms with Gasteiger partial charge in [0.25, 0.3) is 0 Å². The van der Waals surface area contributed by atoms with Crippen molar-refractivity contribution in [1.82, 2.24) is 0 Å². The first kappa shape index (κ1) is 14.9. The molecule has 2 rings (SSSR count). The third kappa shape index (κ3) is 3.12. The highest BCUT2D eigenvalue weighted by Crippen LogP contribution is 2.30. The Morgan fingerprint density at radius 3 is 2.70 bits per heavy atom. The number of ether oxygens (including phenoxy) is 1. The predicted molar refractivity (Wildman–Crippen MR) is 81.0 cm³/mol. The average Bonchev–Trinajstić information content (AvgIpc) is 2.70. The van der Waals surface area contributed by atoms with Gasteiger partial charge in [-0.3, -0.25) is 4.79 Å². The lowest BCUT2D eigenvalue weighted by molar-refractivity contribution is -0.122. The van der Waals surface area contributed by atoms with E-state index in [-0.39, 0.29) is 17.9 Å². The molecule has 0 heterocycles. The molecule has 0 aromatic heterocycles. The molecule has 0 bridgehead atoms. The number of benzene rings is 1. The number of hydrogen-bond acceptors (Lipinski definition) is 3. The number of nitrogens with two attached hydrogens (primary N) is 1. The van der Waals surface area contributed by atoms with Crippen LogP contribution in [-0.4, -0.2) is 26.1 Å². The molecular formula is C16H24N2O2. The molecule has 20 heavy (non-hydrogen) atoms. The molecule has 0 radical (unpaired) electrons. The quantitative estimate of drug-likeness (QED) is 0.863. The van der Waals surface area contributed by atoms with Gasteiger partial charge in [-0.1, -0.05) is 31.4 Å². The highest BCUT2D eigenvalue weighted by Gasteiger charge is 2.30. The van der Waals surface area contributed by atoms with Crippen LogP contribution in [0.15, 0.2) is 24.3 Å². The van der Waals surface area contributed by atoms with E-state index >= 15 is 0 Å². The summed E-state index contributed by atoms with van der Waals surface area (Å²) in [5.74, 6) is 0.738. The largest absolute Gasteiger partial charge is 0.495 e. The van der Waals surface area contributed by atoms with E-state index in [1.807, 2.05) is 24.3 Å². The zero-order valence-electron chi connectivity index (χ0n) is 12.3. The fourth-order valence-electron chi connectivity index (χ4n) is 2.92. The fourth-order valence-corrected chi connectivity index (χ4v) is 2.92. The molecule has 0 aliphatic heterocycles. The molecule has 4 heteroatoms. The van der Waals surface area contributed by atoms with Gasteiger partial charge in [0.2, 0.25) is 5.91 Å². The van der Waals surface area contributed by atoms with Crippen molar-refractivity contribution >= 4 is 11.6 Å². The van der Waals surface area contributed by atoms with Crippen molar-refractivity contribution < 1.29 is 9.53 Å². The Bertz CT molecular complexity index is 462. The summed E-state index contributed by atoms with van der Waals surface area (Å²) >= 11 is 0. The van der Waals surface area contributed by atoms with Crippen LogP contribution in [0.2, 0.25) is 0 Å². The van der Waals surface area contributed by atoms with E-state index in [1.54, 1.807) is 19.1 Å². The Kier molecular flexibility index (Phi) is 5.01. The van der Waals surface area contributed by atoms with Crippen LogP contribution in [0.3, 0.4) is 0 Å². The van der Waals surface area contributed by atoms with Crippen molar-refractivity contribution in [3.8, 4) is 5.75 Å². The van der Waals surface area contributed by atoms with Crippen LogP contribution in [-0.2, 0) is 4.79 Å². The number of anilines is 1. The highest BCUT2D eigenvalue weighted by molar-refractivity contribution is 5.96. The van der Waals surface area contributed by atoms with Crippen molar-refractivity contribution in [2.24, 2.45) is 11.7 Å². The van der Waals surface area contributed by atoms with Gasteiger partial charge in [-0.15, -0.1) is 0 Å². The molecule has 0 spiro atoms. The van der Waals surface area contributed by atoms with Gasteiger partial charge in [0.05, 0.1) is 18.7 Å². The standard InChI is InChI=1S/C16H24N2O2/c1-18(14-10-6-7-11-15(14)20-2)16(19)12-8-4-3-5-9-13(12)17/h6-7,10-13H,3-5,8-9,17H2,1-2H3. The smallest absolute Gasteiger partial charge is 0.231 e. The minimum atomic E-state index is -0.0765. The van der Waals surface area contributed by atoms with Crippen LogP contribution in [0, 0.1) is 5.92 Å². The second kappa shape index (κ2) is 6.75. The number of amides is 1. The van der Waals surface area contributed by atoms with Crippen LogP contribution in [0.1, 0.15) is 32.1 Å². The normalized spacial score (nSPS) is 22.9. The van der Waals surface area contributed by atoms with Crippen molar-refractivity contribution in [3.63, 3.8) is 0 Å². The average molecular weight is 276 g/mol. The molecule has 1 aliphatic carbocycles. The lowest BCUT2D eigenvalue weighted by Crippen LogP contribution is -2.42. The van der Waals surface area contributed by atoms with E-state index in [1.165, 1.54) is 6.42 Å². The molecular weight excluding hydrogens is 252 g/mol. The van der Waals surface area contributed by atoms with E-state index in [4.69, 9.17) is 10.5 Å². The van der Waals surface area contributed by atoms with Gasteiger partial charge in [0, 0.05) is 13.1 Å². The summed E-state index contributed by atoms with van der Waals surface area (Å²) in [5, 5.41) is 0. The Balaban J connectivity index is 2.18. The van der Waals surface area contributed by atoms with Crippen LogP contribution < -0.4 is 15.4 Å². The van der Waals surface area contributed by atoms with Crippen LogP contribution >= 0.6 is 0 Å². The Labute approximate surface area is 120 Å². The number of hydrogen-bond donors (Lipinski definition) is 1. The maximum absolute atomic E-state index is 12.7. The van der Waals surface area contributed by atoms with Crippen LogP contribution in [0.5, 0.6) is 5.75 Å². The first-order valence-corrected chi connectivity index (χ1v) is 7.31. The van der Waals surface area contributed by atoms with Gasteiger partial charge in [-0.2, -0.15) is 0 Å². The molecule has 1 aliphatic rings. The first-order valence-electron chi connectivity index (χ1n) is 7.31. The third-order valence-corrected chi connectivity index (χ3v) is 4.16. The molecule has 1 amide bonds. The summed E-state index contributed by atoms with van der Waals surface area (Å²) in [6.45, 7) is 0. The number of carbonyl (C=O) groups is 1. The Morgan fingerprint density at radius 1 is 1.25 bits per heavy atom. The first-order chi connectivity index (χ1) is 9.65. The zero-order valence-corrected chi connectivity index (χ0v) is 12.3. The molecule has 1 aromatic carbocycles. The highest BCUT2D eigenvalue weighted by atomic mass is 16.5. The van der Waals surface area contributed by atoms with Crippen LogP contribution in [0.25, 0.3) is 0 Å². The summed E-state index contributed by atoms with van der Waals surface area (Å²) < 4.78 is 5.33. The van der Waals surface area contributed by atoms with Gasteiger partial charge in [0.15, 0.2) is 0 Å². The molecule has 110 valence electrons. The molecule has 4 nitrogen and oxygen atoms in total. The van der Waals surface area contributed by atoms with Gasteiger partial charge in [0.1, 0.15) is 5.75 Å². The monoisotopic (exact) mass is 276 g/mol. The molecule has 2 N–H and O–H groups in total. The van der Waals surface area contributed by atoms with Crippen molar-refractivity contribution in [3.05, 3.63) is 24.3 Å². The summed E-state index contributed by atoms with van der Waals surface area (Å²) in [6.07, 6.45) is 5.22. The second-order valence-corrected chi connectivity index (χ2v) is 5.48. The van der Waals surface area contributed by atoms with Gasteiger partial charge in [-0.05, 0) is 25.0 Å². The number of para-hydroxylation sites is 2. The van der Waals surface area contributed by atoms with Gasteiger partial charge < -0.3 is 15.4 Å². The molecule has 1 saturated carbocycles. The van der Waals surface area contributed by atoms with Crippen LogP contribution in [0.4, 0.5) is 5.69 Å². The second-order valence-electron chi connectivity index (χ2n) is 5.48. The zero-order chi connectivity index (χ0) is 14.5.